The van der Waals surface area contributed by atoms with Gasteiger partial charge < -0.3 is 5.32 Å². The van der Waals surface area contributed by atoms with Gasteiger partial charge in [-0.05, 0) is 19.9 Å². The maximum Gasteiger partial charge on any atom is 0.152 e. The molecule has 5 heteroatoms. The zero-order valence-corrected chi connectivity index (χ0v) is 9.73. The van der Waals surface area contributed by atoms with Gasteiger partial charge in [-0.3, -0.25) is 4.68 Å². The molecule has 0 atom stereocenters. The molecule has 0 saturated carbocycles. The molecule has 2 heterocycles. The predicted molar refractivity (Wildman–Crippen MR) is 62.4 cm³/mol. The number of rotatable bonds is 3. The monoisotopic (exact) mass is 217 g/mol. The van der Waals surface area contributed by atoms with Gasteiger partial charge in [0.15, 0.2) is 5.82 Å². The first-order valence-electron chi connectivity index (χ1n) is 5.20. The summed E-state index contributed by atoms with van der Waals surface area (Å²) in [6.45, 7) is 4.58. The molecule has 16 heavy (non-hydrogen) atoms. The molecule has 5 nitrogen and oxygen atoms in total. The number of hydrogen-bond acceptors (Lipinski definition) is 4. The van der Waals surface area contributed by atoms with Crippen LogP contribution >= 0.6 is 0 Å². The third-order valence-corrected chi connectivity index (χ3v) is 2.38. The Hall–Kier alpha value is -1.91. The van der Waals surface area contributed by atoms with Crippen molar-refractivity contribution < 1.29 is 0 Å². The lowest BCUT2D eigenvalue weighted by molar-refractivity contribution is 0.635. The Morgan fingerprint density at radius 3 is 2.75 bits per heavy atom. The van der Waals surface area contributed by atoms with E-state index < -0.39 is 0 Å². The molecule has 84 valence electrons. The highest BCUT2D eigenvalue weighted by atomic mass is 15.3. The highest BCUT2D eigenvalue weighted by molar-refractivity contribution is 5.34. The number of hydrogen-bond donors (Lipinski definition) is 1. The molecule has 0 unspecified atom stereocenters. The second-order valence-electron chi connectivity index (χ2n) is 3.69. The van der Waals surface area contributed by atoms with E-state index in [0.29, 0.717) is 6.54 Å². The van der Waals surface area contributed by atoms with E-state index >= 15 is 0 Å². The molecule has 1 N–H and O–H groups in total. The SMILES string of the molecule is CNc1cc(C)nc(Cn2nccc2C)n1. The van der Waals surface area contributed by atoms with E-state index in [4.69, 9.17) is 0 Å². The molecule has 0 fully saturated rings. The molecule has 2 aromatic rings. The quantitative estimate of drug-likeness (QED) is 0.844. The van der Waals surface area contributed by atoms with Crippen LogP contribution in [0.1, 0.15) is 17.2 Å². The van der Waals surface area contributed by atoms with Crippen LogP contribution in [0.3, 0.4) is 0 Å². The Kier molecular flexibility index (Phi) is 2.85. The minimum absolute atomic E-state index is 0.606. The largest absolute Gasteiger partial charge is 0.373 e. The van der Waals surface area contributed by atoms with E-state index in [9.17, 15) is 0 Å². The number of nitrogens with one attached hydrogen (secondary N) is 1. The van der Waals surface area contributed by atoms with E-state index in [2.05, 4.69) is 20.4 Å². The third-order valence-electron chi connectivity index (χ3n) is 2.38. The minimum atomic E-state index is 0.606. The summed E-state index contributed by atoms with van der Waals surface area (Å²) >= 11 is 0. The van der Waals surface area contributed by atoms with Gasteiger partial charge in [-0.25, -0.2) is 9.97 Å². The van der Waals surface area contributed by atoms with Crippen LogP contribution in [0.25, 0.3) is 0 Å². The Bertz CT molecular complexity index is 489. The van der Waals surface area contributed by atoms with E-state index in [0.717, 1.165) is 23.0 Å². The summed E-state index contributed by atoms with van der Waals surface area (Å²) in [7, 11) is 1.85. The predicted octanol–water partition coefficient (Wildman–Crippen LogP) is 1.38. The Morgan fingerprint density at radius 1 is 1.31 bits per heavy atom. The standard InChI is InChI=1S/C11H15N5/c1-8-6-10(12-3)15-11(14-8)7-16-9(2)4-5-13-16/h4-6H,7H2,1-3H3,(H,12,14,15). The van der Waals surface area contributed by atoms with Crippen LogP contribution in [0.2, 0.25) is 0 Å². The van der Waals surface area contributed by atoms with Gasteiger partial charge in [0.1, 0.15) is 12.4 Å². The zero-order chi connectivity index (χ0) is 11.5. The van der Waals surface area contributed by atoms with Crippen LogP contribution in [0, 0.1) is 13.8 Å². The van der Waals surface area contributed by atoms with Crippen molar-refractivity contribution in [3.63, 3.8) is 0 Å². The smallest absolute Gasteiger partial charge is 0.152 e. The number of nitrogens with zero attached hydrogens (tertiary/aromatic N) is 4. The maximum atomic E-state index is 4.39. The fourth-order valence-corrected chi connectivity index (χ4v) is 1.53. The summed E-state index contributed by atoms with van der Waals surface area (Å²) in [6.07, 6.45) is 1.78. The molecule has 0 aromatic carbocycles. The summed E-state index contributed by atoms with van der Waals surface area (Å²) in [5, 5.41) is 7.23. The summed E-state index contributed by atoms with van der Waals surface area (Å²) in [4.78, 5) is 8.77. The molecule has 0 aliphatic rings. The fourth-order valence-electron chi connectivity index (χ4n) is 1.53. The highest BCUT2D eigenvalue weighted by Crippen LogP contribution is 2.07. The van der Waals surface area contributed by atoms with Crippen LogP contribution in [-0.4, -0.2) is 26.8 Å². The number of aromatic nitrogens is 4. The Morgan fingerprint density at radius 2 is 2.12 bits per heavy atom. The molecule has 0 bridgehead atoms. The van der Waals surface area contributed by atoms with Gasteiger partial charge in [-0.15, -0.1) is 0 Å². The first-order chi connectivity index (χ1) is 7.69. The molecule has 0 amide bonds. The lowest BCUT2D eigenvalue weighted by Gasteiger charge is -2.06. The van der Waals surface area contributed by atoms with E-state index in [-0.39, 0.29) is 0 Å². The van der Waals surface area contributed by atoms with Crippen molar-refractivity contribution in [3.05, 3.63) is 35.5 Å². The van der Waals surface area contributed by atoms with Gasteiger partial charge >= 0.3 is 0 Å². The van der Waals surface area contributed by atoms with Crippen LogP contribution in [0.4, 0.5) is 5.82 Å². The summed E-state index contributed by atoms with van der Waals surface area (Å²) in [6, 6.07) is 3.88. The molecule has 2 rings (SSSR count). The van der Waals surface area contributed by atoms with Crippen molar-refractivity contribution >= 4 is 5.82 Å². The van der Waals surface area contributed by atoms with E-state index in [1.807, 2.05) is 37.7 Å². The van der Waals surface area contributed by atoms with Crippen molar-refractivity contribution in [1.82, 2.24) is 19.7 Å². The Balaban J connectivity index is 2.28. The number of anilines is 1. The van der Waals surface area contributed by atoms with Crippen molar-refractivity contribution in [2.24, 2.45) is 0 Å². The summed E-state index contributed by atoms with van der Waals surface area (Å²) in [5.41, 5.74) is 2.07. The van der Waals surface area contributed by atoms with E-state index in [1.165, 1.54) is 0 Å². The summed E-state index contributed by atoms with van der Waals surface area (Å²) < 4.78 is 1.88. The van der Waals surface area contributed by atoms with Gasteiger partial charge in [0.25, 0.3) is 0 Å². The lowest BCUT2D eigenvalue weighted by Crippen LogP contribution is -2.09. The molecular weight excluding hydrogens is 202 g/mol. The molecular formula is C11H15N5. The zero-order valence-electron chi connectivity index (χ0n) is 9.73. The van der Waals surface area contributed by atoms with Gasteiger partial charge in [-0.2, -0.15) is 5.10 Å². The van der Waals surface area contributed by atoms with Gasteiger partial charge in [0.05, 0.1) is 0 Å². The highest BCUT2D eigenvalue weighted by Gasteiger charge is 2.04. The van der Waals surface area contributed by atoms with Crippen molar-refractivity contribution in [2.75, 3.05) is 12.4 Å². The normalized spacial score (nSPS) is 10.4. The topological polar surface area (TPSA) is 55.6 Å². The first kappa shape index (κ1) is 10.6. The second-order valence-corrected chi connectivity index (χ2v) is 3.69. The fraction of sp³-hybridized carbons (Fsp3) is 0.364. The van der Waals surface area contributed by atoms with Crippen molar-refractivity contribution in [2.45, 2.75) is 20.4 Å². The maximum absolute atomic E-state index is 4.39. The van der Waals surface area contributed by atoms with Gasteiger partial charge in [-0.1, -0.05) is 0 Å². The molecule has 0 aliphatic carbocycles. The van der Waals surface area contributed by atoms with Crippen LogP contribution in [-0.2, 0) is 6.54 Å². The average Bonchev–Trinajstić information content (AvgIpc) is 2.63. The van der Waals surface area contributed by atoms with Gasteiger partial charge in [0, 0.05) is 30.7 Å². The molecule has 2 aromatic heterocycles. The Labute approximate surface area is 94.5 Å². The van der Waals surface area contributed by atoms with Crippen LogP contribution < -0.4 is 5.32 Å². The van der Waals surface area contributed by atoms with Crippen LogP contribution in [0.5, 0.6) is 0 Å². The van der Waals surface area contributed by atoms with Crippen molar-refractivity contribution in [1.29, 1.82) is 0 Å². The van der Waals surface area contributed by atoms with Crippen molar-refractivity contribution in [3.8, 4) is 0 Å². The number of aryl methyl sites for hydroxylation is 2. The first-order valence-corrected chi connectivity index (χ1v) is 5.20. The minimum Gasteiger partial charge on any atom is -0.373 e. The van der Waals surface area contributed by atoms with E-state index in [1.54, 1.807) is 6.20 Å². The van der Waals surface area contributed by atoms with Gasteiger partial charge in [0.2, 0.25) is 0 Å². The second kappa shape index (κ2) is 4.30. The summed E-state index contributed by atoms with van der Waals surface area (Å²) in [5.74, 6) is 1.61. The third kappa shape index (κ3) is 2.18. The molecule has 0 spiro atoms. The molecule has 0 radical (unpaired) electrons. The van der Waals surface area contributed by atoms with Crippen LogP contribution in [0.15, 0.2) is 18.3 Å². The molecule has 0 aliphatic heterocycles. The average molecular weight is 217 g/mol. The molecule has 0 saturated heterocycles. The lowest BCUT2D eigenvalue weighted by atomic mass is 10.4.